The van der Waals surface area contributed by atoms with Gasteiger partial charge in [-0.15, -0.1) is 0 Å². The van der Waals surface area contributed by atoms with Gasteiger partial charge in [0.05, 0.1) is 29.1 Å². The number of carbonyl (C=O) groups is 1. The number of benzene rings is 1. The van der Waals surface area contributed by atoms with E-state index in [9.17, 15) is 4.79 Å². The number of rotatable bonds is 10. The third kappa shape index (κ3) is 8.92. The number of amides is 1. The first-order chi connectivity index (χ1) is 19.4. The van der Waals surface area contributed by atoms with Gasteiger partial charge in [-0.05, 0) is 70.1 Å². The van der Waals surface area contributed by atoms with Gasteiger partial charge in [-0.2, -0.15) is 5.10 Å². The molecule has 1 N–H and O–H groups in total. The molecule has 42 heavy (non-hydrogen) atoms. The van der Waals surface area contributed by atoms with E-state index in [0.717, 1.165) is 11.3 Å². The van der Waals surface area contributed by atoms with E-state index in [1.807, 2.05) is 40.8 Å². The third-order valence-electron chi connectivity index (χ3n) is 7.18. The molecule has 0 aliphatic heterocycles. The van der Waals surface area contributed by atoms with Crippen molar-refractivity contribution in [2.45, 2.75) is 84.7 Å². The van der Waals surface area contributed by atoms with Crippen LogP contribution in [-0.4, -0.2) is 59.0 Å². The SMILES string of the molecule is Cc1c(Cl)nc(-c2cc(OCC(CCOC(=O)NC(C)(C)C)O[Si](C)(C)C(C)(C)C)ccc2Cl)nc1-c1ccnn1C. The molecule has 1 unspecified atom stereocenters. The highest BCUT2D eigenvalue weighted by Gasteiger charge is 2.39. The summed E-state index contributed by atoms with van der Waals surface area (Å²) in [6.07, 6.45) is 1.43. The highest BCUT2D eigenvalue weighted by atomic mass is 35.5. The van der Waals surface area contributed by atoms with Gasteiger partial charge in [0.2, 0.25) is 0 Å². The van der Waals surface area contributed by atoms with Gasteiger partial charge in [-0.25, -0.2) is 14.8 Å². The minimum absolute atomic E-state index is 0.00319. The van der Waals surface area contributed by atoms with Crippen molar-refractivity contribution in [1.29, 1.82) is 0 Å². The van der Waals surface area contributed by atoms with Crippen molar-refractivity contribution in [3.63, 3.8) is 0 Å². The molecule has 0 saturated carbocycles. The predicted octanol–water partition coefficient (Wildman–Crippen LogP) is 7.84. The molecule has 0 aliphatic rings. The summed E-state index contributed by atoms with van der Waals surface area (Å²) in [5, 5.41) is 7.85. The Morgan fingerprint density at radius 1 is 1.10 bits per heavy atom. The minimum Gasteiger partial charge on any atom is -0.491 e. The fraction of sp³-hybridized carbons (Fsp3) is 0.533. The molecular formula is C30H43Cl2N5O4Si. The molecule has 0 fully saturated rings. The second-order valence-electron chi connectivity index (χ2n) is 12.9. The predicted molar refractivity (Wildman–Crippen MR) is 171 cm³/mol. The van der Waals surface area contributed by atoms with Crippen molar-refractivity contribution in [1.82, 2.24) is 25.1 Å². The lowest BCUT2D eigenvalue weighted by atomic mass is 10.1. The van der Waals surface area contributed by atoms with E-state index in [4.69, 9.17) is 42.1 Å². The van der Waals surface area contributed by atoms with Gasteiger partial charge >= 0.3 is 6.09 Å². The van der Waals surface area contributed by atoms with Crippen molar-refractivity contribution in [3.8, 4) is 28.5 Å². The van der Waals surface area contributed by atoms with Crippen molar-refractivity contribution in [3.05, 3.63) is 46.2 Å². The van der Waals surface area contributed by atoms with E-state index in [1.165, 1.54) is 0 Å². The number of aromatic nitrogens is 4. The summed E-state index contributed by atoms with van der Waals surface area (Å²) < 4.78 is 20.1. The maximum Gasteiger partial charge on any atom is 0.407 e. The van der Waals surface area contributed by atoms with Gasteiger partial charge in [0.25, 0.3) is 0 Å². The number of nitrogens with one attached hydrogen (secondary N) is 1. The summed E-state index contributed by atoms with van der Waals surface area (Å²) in [4.78, 5) is 21.5. The number of hydrogen-bond acceptors (Lipinski definition) is 7. The molecule has 0 radical (unpaired) electrons. The zero-order chi connectivity index (χ0) is 31.5. The van der Waals surface area contributed by atoms with Crippen LogP contribution in [0.2, 0.25) is 28.3 Å². The van der Waals surface area contributed by atoms with Crippen LogP contribution in [0.4, 0.5) is 4.79 Å². The lowest BCUT2D eigenvalue weighted by Gasteiger charge is -2.39. The van der Waals surface area contributed by atoms with Crippen LogP contribution in [0.5, 0.6) is 5.75 Å². The summed E-state index contributed by atoms with van der Waals surface area (Å²) >= 11 is 13.1. The molecule has 12 heteroatoms. The molecule has 0 bridgehead atoms. The summed E-state index contributed by atoms with van der Waals surface area (Å²) in [5.74, 6) is 0.955. The number of hydrogen-bond donors (Lipinski definition) is 1. The molecule has 0 aliphatic carbocycles. The average molecular weight is 637 g/mol. The Labute approximate surface area is 260 Å². The lowest BCUT2D eigenvalue weighted by Crippen LogP contribution is -2.46. The molecule has 230 valence electrons. The minimum atomic E-state index is -2.14. The Hall–Kier alpha value is -2.66. The topological polar surface area (TPSA) is 100 Å². The van der Waals surface area contributed by atoms with E-state index in [2.05, 4.69) is 49.3 Å². The van der Waals surface area contributed by atoms with Crippen LogP contribution in [0, 0.1) is 6.92 Å². The van der Waals surface area contributed by atoms with Gasteiger partial charge in [-0.3, -0.25) is 4.68 Å². The Morgan fingerprint density at radius 3 is 2.38 bits per heavy atom. The molecule has 2 heterocycles. The Balaban J connectivity index is 1.82. The summed E-state index contributed by atoms with van der Waals surface area (Å²) in [7, 11) is -0.299. The standard InChI is InChI=1S/C30H43Cl2N5O4Si/c1-19-25(24-13-15-33-37(24)8)34-27(35-26(19)32)22-17-20(11-12-23(22)31)40-18-21(41-42(9,10)30(5,6)7)14-16-39-28(38)36-29(2,3)4/h11-13,15,17,21H,14,16,18H2,1-10H3,(H,36,38). The van der Waals surface area contributed by atoms with Gasteiger partial charge in [0.15, 0.2) is 14.1 Å². The first-order valence-electron chi connectivity index (χ1n) is 14.0. The Morgan fingerprint density at radius 2 is 1.79 bits per heavy atom. The molecule has 3 rings (SSSR count). The van der Waals surface area contributed by atoms with E-state index in [1.54, 1.807) is 29.1 Å². The van der Waals surface area contributed by atoms with Gasteiger partial charge in [-0.1, -0.05) is 44.0 Å². The number of carbonyl (C=O) groups excluding carboxylic acids is 1. The number of nitrogens with zero attached hydrogens (tertiary/aromatic N) is 4. The van der Waals surface area contributed by atoms with Crippen molar-refractivity contribution < 1.29 is 18.7 Å². The van der Waals surface area contributed by atoms with Crippen molar-refractivity contribution >= 4 is 37.6 Å². The van der Waals surface area contributed by atoms with Crippen LogP contribution >= 0.6 is 23.2 Å². The van der Waals surface area contributed by atoms with Crippen LogP contribution in [0.25, 0.3) is 22.8 Å². The third-order valence-corrected chi connectivity index (χ3v) is 12.4. The lowest BCUT2D eigenvalue weighted by molar-refractivity contribution is 0.0766. The second kappa shape index (κ2) is 13.3. The van der Waals surface area contributed by atoms with Gasteiger partial charge in [0.1, 0.15) is 17.5 Å². The number of halogens is 2. The molecule has 1 amide bonds. The van der Waals surface area contributed by atoms with Crippen molar-refractivity contribution in [2.75, 3.05) is 13.2 Å². The molecule has 2 aromatic heterocycles. The summed E-state index contributed by atoms with van der Waals surface area (Å²) in [5.41, 5.74) is 2.43. The first kappa shape index (κ1) is 33.8. The molecule has 9 nitrogen and oxygen atoms in total. The number of alkyl carbamates (subject to hydrolysis) is 1. The van der Waals surface area contributed by atoms with Crippen LogP contribution in [-0.2, 0) is 16.2 Å². The quantitative estimate of drug-likeness (QED) is 0.179. The zero-order valence-electron chi connectivity index (χ0n) is 26.3. The summed E-state index contributed by atoms with van der Waals surface area (Å²) in [6.45, 7) is 19.0. The first-order valence-corrected chi connectivity index (χ1v) is 17.6. The van der Waals surface area contributed by atoms with E-state index < -0.39 is 14.4 Å². The molecule has 0 spiro atoms. The maximum atomic E-state index is 12.2. The smallest absolute Gasteiger partial charge is 0.407 e. The average Bonchev–Trinajstić information content (AvgIpc) is 3.28. The summed E-state index contributed by atoms with van der Waals surface area (Å²) in [6, 6.07) is 7.21. The van der Waals surface area contributed by atoms with E-state index in [-0.39, 0.29) is 29.9 Å². The Bertz CT molecular complexity index is 1400. The number of ether oxygens (including phenoxy) is 2. The maximum absolute atomic E-state index is 12.2. The molecule has 3 aromatic rings. The fourth-order valence-corrected chi connectivity index (χ4v) is 5.56. The molecule has 1 aromatic carbocycles. The normalized spacial score (nSPS) is 13.1. The molecular weight excluding hydrogens is 593 g/mol. The number of aryl methyl sites for hydroxylation is 1. The molecule has 0 saturated heterocycles. The molecule has 1 atom stereocenters. The zero-order valence-corrected chi connectivity index (χ0v) is 28.8. The largest absolute Gasteiger partial charge is 0.491 e. The highest BCUT2D eigenvalue weighted by Crippen LogP contribution is 2.38. The second-order valence-corrected chi connectivity index (χ2v) is 18.4. The van der Waals surface area contributed by atoms with E-state index >= 15 is 0 Å². The fourth-order valence-electron chi connectivity index (χ4n) is 3.82. The van der Waals surface area contributed by atoms with Crippen LogP contribution < -0.4 is 10.1 Å². The van der Waals surface area contributed by atoms with Crippen LogP contribution in [0.3, 0.4) is 0 Å². The monoisotopic (exact) mass is 635 g/mol. The van der Waals surface area contributed by atoms with E-state index in [0.29, 0.717) is 39.4 Å². The van der Waals surface area contributed by atoms with Crippen LogP contribution in [0.15, 0.2) is 30.5 Å². The Kier molecular flexibility index (Phi) is 10.7. The van der Waals surface area contributed by atoms with Crippen molar-refractivity contribution in [2.24, 2.45) is 7.05 Å². The highest BCUT2D eigenvalue weighted by molar-refractivity contribution is 6.74. The van der Waals surface area contributed by atoms with Gasteiger partial charge in [0, 0.05) is 36.3 Å². The van der Waals surface area contributed by atoms with Crippen LogP contribution in [0.1, 0.15) is 53.5 Å². The van der Waals surface area contributed by atoms with Gasteiger partial charge < -0.3 is 19.2 Å².